The van der Waals surface area contributed by atoms with Crippen LogP contribution in [0.5, 0.6) is 5.75 Å². The van der Waals surface area contributed by atoms with Gasteiger partial charge in [0, 0.05) is 18.7 Å². The van der Waals surface area contributed by atoms with Gasteiger partial charge in [0.15, 0.2) is 0 Å². The average Bonchev–Trinajstić information content (AvgIpc) is 2.35. The number of hydrogen-bond acceptors (Lipinski definition) is 3. The summed E-state index contributed by atoms with van der Waals surface area (Å²) in [4.78, 5) is 10.5. The van der Waals surface area contributed by atoms with Gasteiger partial charge in [0.05, 0.1) is 7.11 Å². The Labute approximate surface area is 107 Å². The Morgan fingerprint density at radius 1 is 1.56 bits per heavy atom. The summed E-state index contributed by atoms with van der Waals surface area (Å²) in [6.45, 7) is 4.37. The van der Waals surface area contributed by atoms with Crippen LogP contribution >= 0.6 is 0 Å². The van der Waals surface area contributed by atoms with Gasteiger partial charge in [-0.3, -0.25) is 0 Å². The number of benzene rings is 1. The van der Waals surface area contributed by atoms with Crippen LogP contribution in [0.25, 0.3) is 0 Å². The van der Waals surface area contributed by atoms with Crippen molar-refractivity contribution in [3.05, 3.63) is 41.5 Å². The standard InChI is InChI=1S/C14H19NO3/c1-10(7-14(16)17)9-15-11(2)12-5-4-6-13(8-12)18-3/h4-8,11,15H,9H2,1-3H3,(H,16,17)/b10-7+/t11-/m0/s1. The Bertz CT molecular complexity index is 440. The third-order valence-electron chi connectivity index (χ3n) is 2.65. The van der Waals surface area contributed by atoms with Gasteiger partial charge in [-0.2, -0.15) is 0 Å². The van der Waals surface area contributed by atoms with E-state index in [9.17, 15) is 4.79 Å². The molecule has 0 unspecified atom stereocenters. The van der Waals surface area contributed by atoms with Gasteiger partial charge >= 0.3 is 5.97 Å². The predicted molar refractivity (Wildman–Crippen MR) is 70.8 cm³/mol. The Hall–Kier alpha value is -1.81. The quantitative estimate of drug-likeness (QED) is 0.760. The lowest BCUT2D eigenvalue weighted by Gasteiger charge is -2.15. The van der Waals surface area contributed by atoms with E-state index in [-0.39, 0.29) is 6.04 Å². The van der Waals surface area contributed by atoms with Crippen LogP contribution in [0.3, 0.4) is 0 Å². The highest BCUT2D eigenvalue weighted by Gasteiger charge is 2.06. The summed E-state index contributed by atoms with van der Waals surface area (Å²) in [7, 11) is 1.64. The van der Waals surface area contributed by atoms with Gasteiger partial charge in [0.25, 0.3) is 0 Å². The molecule has 18 heavy (non-hydrogen) atoms. The lowest BCUT2D eigenvalue weighted by atomic mass is 10.1. The number of carbonyl (C=O) groups is 1. The molecule has 0 aliphatic carbocycles. The van der Waals surface area contributed by atoms with Crippen LogP contribution in [0.15, 0.2) is 35.9 Å². The molecule has 0 saturated carbocycles. The third-order valence-corrected chi connectivity index (χ3v) is 2.65. The number of aliphatic carboxylic acids is 1. The molecule has 0 aliphatic heterocycles. The van der Waals surface area contributed by atoms with E-state index in [1.807, 2.05) is 31.2 Å². The number of nitrogens with one attached hydrogen (secondary N) is 1. The zero-order valence-electron chi connectivity index (χ0n) is 10.9. The SMILES string of the molecule is COc1cccc([C@H](C)NC/C(C)=C/C(=O)O)c1. The average molecular weight is 249 g/mol. The molecule has 0 saturated heterocycles. The summed E-state index contributed by atoms with van der Waals surface area (Å²) >= 11 is 0. The van der Waals surface area contributed by atoms with E-state index >= 15 is 0 Å². The number of carboxylic acids is 1. The second-order valence-corrected chi connectivity index (χ2v) is 4.21. The summed E-state index contributed by atoms with van der Waals surface area (Å²) in [6.07, 6.45) is 1.21. The first kappa shape index (κ1) is 14.3. The maximum atomic E-state index is 10.5. The molecule has 0 bridgehead atoms. The summed E-state index contributed by atoms with van der Waals surface area (Å²) < 4.78 is 5.17. The van der Waals surface area contributed by atoms with Gasteiger partial charge < -0.3 is 15.2 Å². The molecule has 0 aliphatic rings. The molecule has 1 aromatic rings. The molecule has 4 heteroatoms. The van der Waals surface area contributed by atoms with E-state index < -0.39 is 5.97 Å². The third kappa shape index (κ3) is 4.59. The van der Waals surface area contributed by atoms with Crippen LogP contribution in [-0.4, -0.2) is 24.7 Å². The minimum Gasteiger partial charge on any atom is -0.497 e. The monoisotopic (exact) mass is 249 g/mol. The normalized spacial score (nSPS) is 13.2. The number of rotatable bonds is 6. The summed E-state index contributed by atoms with van der Waals surface area (Å²) in [5, 5.41) is 11.9. The summed E-state index contributed by atoms with van der Waals surface area (Å²) in [6, 6.07) is 7.94. The van der Waals surface area contributed by atoms with Crippen LogP contribution in [0.1, 0.15) is 25.5 Å². The van der Waals surface area contributed by atoms with Crippen molar-refractivity contribution in [3.63, 3.8) is 0 Å². The predicted octanol–water partition coefficient (Wildman–Crippen LogP) is 2.38. The van der Waals surface area contributed by atoms with Gasteiger partial charge in [-0.25, -0.2) is 4.79 Å². The maximum absolute atomic E-state index is 10.5. The summed E-state index contributed by atoms with van der Waals surface area (Å²) in [5.74, 6) is -0.0951. The number of carboxylic acid groups (broad SMARTS) is 1. The van der Waals surface area contributed by atoms with Crippen molar-refractivity contribution in [2.45, 2.75) is 19.9 Å². The van der Waals surface area contributed by atoms with Crippen molar-refractivity contribution in [2.24, 2.45) is 0 Å². The van der Waals surface area contributed by atoms with Crippen molar-refractivity contribution in [2.75, 3.05) is 13.7 Å². The summed E-state index contributed by atoms with van der Waals surface area (Å²) in [5.41, 5.74) is 1.90. The van der Waals surface area contributed by atoms with Crippen LogP contribution in [0, 0.1) is 0 Å². The number of hydrogen-bond donors (Lipinski definition) is 2. The van der Waals surface area contributed by atoms with Gasteiger partial charge in [-0.05, 0) is 31.5 Å². The van der Waals surface area contributed by atoms with E-state index in [1.54, 1.807) is 14.0 Å². The number of methoxy groups -OCH3 is 1. The van der Waals surface area contributed by atoms with Gasteiger partial charge in [0.2, 0.25) is 0 Å². The van der Waals surface area contributed by atoms with Gasteiger partial charge in [0.1, 0.15) is 5.75 Å². The molecule has 1 atom stereocenters. The van der Waals surface area contributed by atoms with Gasteiger partial charge in [-0.1, -0.05) is 17.7 Å². The second-order valence-electron chi connectivity index (χ2n) is 4.21. The molecule has 98 valence electrons. The Morgan fingerprint density at radius 2 is 2.28 bits per heavy atom. The molecule has 2 N–H and O–H groups in total. The van der Waals surface area contributed by atoms with E-state index in [4.69, 9.17) is 9.84 Å². The smallest absolute Gasteiger partial charge is 0.328 e. The van der Waals surface area contributed by atoms with Crippen molar-refractivity contribution in [1.82, 2.24) is 5.32 Å². The molecule has 0 radical (unpaired) electrons. The molecule has 0 heterocycles. The van der Waals surface area contributed by atoms with Crippen molar-refractivity contribution in [1.29, 1.82) is 0 Å². The zero-order chi connectivity index (χ0) is 13.5. The van der Waals surface area contributed by atoms with E-state index in [2.05, 4.69) is 5.32 Å². The molecule has 0 aromatic heterocycles. The Morgan fingerprint density at radius 3 is 2.89 bits per heavy atom. The molecule has 4 nitrogen and oxygen atoms in total. The first-order valence-electron chi connectivity index (χ1n) is 5.80. The molecule has 1 aromatic carbocycles. The molecule has 0 fully saturated rings. The fourth-order valence-electron chi connectivity index (χ4n) is 1.60. The van der Waals surface area contributed by atoms with Crippen LogP contribution in [-0.2, 0) is 4.79 Å². The fourth-order valence-corrected chi connectivity index (χ4v) is 1.60. The fraction of sp³-hybridized carbons (Fsp3) is 0.357. The second kappa shape index (κ2) is 6.81. The van der Waals surface area contributed by atoms with Crippen LogP contribution in [0.2, 0.25) is 0 Å². The lowest BCUT2D eigenvalue weighted by Crippen LogP contribution is -2.21. The highest BCUT2D eigenvalue weighted by atomic mass is 16.5. The van der Waals surface area contributed by atoms with Crippen molar-refractivity contribution >= 4 is 5.97 Å². The minimum atomic E-state index is -0.914. The van der Waals surface area contributed by atoms with Crippen molar-refractivity contribution < 1.29 is 14.6 Å². The molecular formula is C14H19NO3. The highest BCUT2D eigenvalue weighted by molar-refractivity contribution is 5.80. The van der Waals surface area contributed by atoms with E-state index in [0.29, 0.717) is 6.54 Å². The zero-order valence-corrected chi connectivity index (χ0v) is 10.9. The van der Waals surface area contributed by atoms with Crippen LogP contribution < -0.4 is 10.1 Å². The van der Waals surface area contributed by atoms with E-state index in [0.717, 1.165) is 16.9 Å². The topological polar surface area (TPSA) is 58.6 Å². The first-order chi connectivity index (χ1) is 8.52. The largest absolute Gasteiger partial charge is 0.497 e. The minimum absolute atomic E-state index is 0.136. The number of ether oxygens (including phenoxy) is 1. The molecule has 0 spiro atoms. The Kier molecular flexibility index (Phi) is 5.39. The Balaban J connectivity index is 2.59. The first-order valence-corrected chi connectivity index (χ1v) is 5.80. The van der Waals surface area contributed by atoms with Crippen molar-refractivity contribution in [3.8, 4) is 5.75 Å². The molecule has 0 amide bonds. The lowest BCUT2D eigenvalue weighted by molar-refractivity contribution is -0.131. The van der Waals surface area contributed by atoms with E-state index in [1.165, 1.54) is 6.08 Å². The molecular weight excluding hydrogens is 230 g/mol. The molecule has 1 rings (SSSR count). The van der Waals surface area contributed by atoms with Crippen LogP contribution in [0.4, 0.5) is 0 Å². The van der Waals surface area contributed by atoms with Gasteiger partial charge in [-0.15, -0.1) is 0 Å². The maximum Gasteiger partial charge on any atom is 0.328 e. The highest BCUT2D eigenvalue weighted by Crippen LogP contribution is 2.18.